The Morgan fingerprint density at radius 3 is 2.14 bits per heavy atom. The molecule has 0 radical (unpaired) electrons. The Labute approximate surface area is 246 Å². The lowest BCUT2D eigenvalue weighted by Gasteiger charge is -2.12. The van der Waals surface area contributed by atoms with Gasteiger partial charge in [-0.15, -0.1) is 0 Å². The molecule has 0 amide bonds. The largest absolute Gasteiger partial charge is 0.298 e. The van der Waals surface area contributed by atoms with Gasteiger partial charge < -0.3 is 0 Å². The molecular weight excluding hydrogens is 526 g/mol. The Kier molecular flexibility index (Phi) is 5.13. The smallest absolute Gasteiger partial charge is 0.160 e. The third-order valence-electron chi connectivity index (χ3n) is 8.29. The highest BCUT2D eigenvalue weighted by Crippen LogP contribution is 2.38. The van der Waals surface area contributed by atoms with Crippen molar-refractivity contribution in [1.82, 2.24) is 24.3 Å². The average Bonchev–Trinajstić information content (AvgIpc) is 3.47. The van der Waals surface area contributed by atoms with Gasteiger partial charge in [-0.05, 0) is 46.5 Å². The SMILES string of the molecule is c1ccc2cc(-c3c(-c4ccc(-c5nc6ncccc6c6c5ccc5ccccc56)cc4)nc4ccccn34)ncc2c1. The van der Waals surface area contributed by atoms with Gasteiger partial charge in [0.2, 0.25) is 0 Å². The first-order chi connectivity index (χ1) is 21.3. The van der Waals surface area contributed by atoms with Crippen LogP contribution in [-0.2, 0) is 0 Å². The van der Waals surface area contributed by atoms with Crippen molar-refractivity contribution < 1.29 is 0 Å². The first-order valence-corrected chi connectivity index (χ1v) is 14.3. The summed E-state index contributed by atoms with van der Waals surface area (Å²) in [6.07, 6.45) is 5.80. The number of fused-ring (bicyclic) bond motifs is 7. The summed E-state index contributed by atoms with van der Waals surface area (Å²) in [5.41, 5.74) is 7.35. The summed E-state index contributed by atoms with van der Waals surface area (Å²) < 4.78 is 2.12. The van der Waals surface area contributed by atoms with Crippen LogP contribution in [0.25, 0.3) is 82.9 Å². The maximum absolute atomic E-state index is 5.07. The van der Waals surface area contributed by atoms with Crippen molar-refractivity contribution in [2.24, 2.45) is 0 Å². The molecule has 0 atom stereocenters. The van der Waals surface area contributed by atoms with Crippen LogP contribution in [0.5, 0.6) is 0 Å². The van der Waals surface area contributed by atoms with Crippen molar-refractivity contribution in [2.45, 2.75) is 0 Å². The predicted molar refractivity (Wildman–Crippen MR) is 175 cm³/mol. The predicted octanol–water partition coefficient (Wildman–Crippen LogP) is 9.13. The van der Waals surface area contributed by atoms with Gasteiger partial charge in [0.1, 0.15) is 5.65 Å². The van der Waals surface area contributed by atoms with Gasteiger partial charge in [0.05, 0.1) is 22.8 Å². The highest BCUT2D eigenvalue weighted by molar-refractivity contribution is 6.21. The molecule has 0 N–H and O–H groups in total. The normalized spacial score (nSPS) is 11.7. The van der Waals surface area contributed by atoms with Gasteiger partial charge >= 0.3 is 0 Å². The third kappa shape index (κ3) is 3.72. The van der Waals surface area contributed by atoms with Crippen molar-refractivity contribution in [3.63, 3.8) is 0 Å². The van der Waals surface area contributed by atoms with E-state index in [2.05, 4.69) is 107 Å². The standard InChI is InChI=1S/C38H23N5/c1-2-10-28-23-40-32(22-27(28)9-1)37-36(41-33-13-5-6-21-43(33)37)26-16-14-25(15-17-26)35-30-19-18-24-8-3-4-11-29(24)34(30)31-12-7-20-39-38(31)42-35/h1-23H. The zero-order chi connectivity index (χ0) is 28.3. The number of hydrogen-bond acceptors (Lipinski definition) is 4. The van der Waals surface area contributed by atoms with Gasteiger partial charge in [0.25, 0.3) is 0 Å². The van der Waals surface area contributed by atoms with Crippen LogP contribution in [0.4, 0.5) is 0 Å². The Morgan fingerprint density at radius 2 is 1.26 bits per heavy atom. The molecular formula is C38H23N5. The van der Waals surface area contributed by atoms with E-state index >= 15 is 0 Å². The van der Waals surface area contributed by atoms with E-state index in [4.69, 9.17) is 15.0 Å². The van der Waals surface area contributed by atoms with Crippen LogP contribution in [0, 0.1) is 0 Å². The van der Waals surface area contributed by atoms with Crippen LogP contribution in [-0.4, -0.2) is 24.3 Å². The van der Waals surface area contributed by atoms with Gasteiger partial charge in [-0.1, -0.05) is 91.0 Å². The summed E-state index contributed by atoms with van der Waals surface area (Å²) in [5.74, 6) is 0. The van der Waals surface area contributed by atoms with Crippen molar-refractivity contribution in [1.29, 1.82) is 0 Å². The molecule has 0 saturated heterocycles. The Bertz CT molecular complexity index is 2500. The molecule has 5 nitrogen and oxygen atoms in total. The molecule has 0 unspecified atom stereocenters. The Morgan fingerprint density at radius 1 is 0.512 bits per heavy atom. The number of imidazole rings is 1. The summed E-state index contributed by atoms with van der Waals surface area (Å²) in [6, 6.07) is 42.1. The van der Waals surface area contributed by atoms with Gasteiger partial charge in [0.15, 0.2) is 5.65 Å². The van der Waals surface area contributed by atoms with Gasteiger partial charge in [-0.3, -0.25) is 9.38 Å². The van der Waals surface area contributed by atoms with Crippen molar-refractivity contribution >= 4 is 49.0 Å². The van der Waals surface area contributed by atoms with Crippen LogP contribution in [0.2, 0.25) is 0 Å². The molecule has 5 aromatic heterocycles. The van der Waals surface area contributed by atoms with Gasteiger partial charge in [-0.2, -0.15) is 0 Å². The lowest BCUT2D eigenvalue weighted by Crippen LogP contribution is -1.93. The summed E-state index contributed by atoms with van der Waals surface area (Å²) in [7, 11) is 0. The number of pyridine rings is 4. The maximum Gasteiger partial charge on any atom is 0.160 e. The fourth-order valence-electron chi connectivity index (χ4n) is 6.27. The van der Waals surface area contributed by atoms with Gasteiger partial charge in [0, 0.05) is 51.3 Å². The summed E-state index contributed by atoms with van der Waals surface area (Å²) in [6.45, 7) is 0. The zero-order valence-electron chi connectivity index (χ0n) is 23.0. The molecule has 43 heavy (non-hydrogen) atoms. The van der Waals surface area contributed by atoms with E-state index in [0.717, 1.165) is 66.7 Å². The van der Waals surface area contributed by atoms with Gasteiger partial charge in [-0.25, -0.2) is 15.0 Å². The molecule has 0 spiro atoms. The van der Waals surface area contributed by atoms with Crippen LogP contribution in [0.3, 0.4) is 0 Å². The lowest BCUT2D eigenvalue weighted by atomic mass is 9.95. The maximum atomic E-state index is 5.07. The third-order valence-corrected chi connectivity index (χ3v) is 8.29. The molecule has 0 fully saturated rings. The van der Waals surface area contributed by atoms with E-state index in [1.807, 2.05) is 42.7 Å². The second-order valence-electron chi connectivity index (χ2n) is 10.8. The van der Waals surface area contributed by atoms with Crippen LogP contribution in [0.1, 0.15) is 0 Å². The Hall–Kier alpha value is -5.94. The minimum Gasteiger partial charge on any atom is -0.298 e. The van der Waals surface area contributed by atoms with E-state index in [1.54, 1.807) is 0 Å². The average molecular weight is 550 g/mol. The molecule has 0 aliphatic rings. The van der Waals surface area contributed by atoms with Crippen LogP contribution in [0.15, 0.2) is 140 Å². The second kappa shape index (κ2) is 9.29. The lowest BCUT2D eigenvalue weighted by molar-refractivity contribution is 1.17. The molecule has 9 rings (SSSR count). The Balaban J connectivity index is 1.23. The van der Waals surface area contributed by atoms with Crippen molar-refractivity contribution in [3.8, 4) is 33.9 Å². The molecule has 0 aliphatic carbocycles. The van der Waals surface area contributed by atoms with E-state index in [0.29, 0.717) is 0 Å². The molecule has 5 heterocycles. The highest BCUT2D eigenvalue weighted by atomic mass is 15.0. The second-order valence-corrected chi connectivity index (χ2v) is 10.8. The highest BCUT2D eigenvalue weighted by Gasteiger charge is 2.19. The molecule has 4 aromatic carbocycles. The molecule has 5 heteroatoms. The first-order valence-electron chi connectivity index (χ1n) is 14.3. The number of benzene rings is 4. The number of nitrogens with zero attached hydrogens (tertiary/aromatic N) is 5. The minimum absolute atomic E-state index is 0.746. The fraction of sp³-hybridized carbons (Fsp3) is 0. The monoisotopic (exact) mass is 549 g/mol. The van der Waals surface area contributed by atoms with E-state index in [1.165, 1.54) is 16.2 Å². The van der Waals surface area contributed by atoms with Crippen molar-refractivity contribution in [2.75, 3.05) is 0 Å². The summed E-state index contributed by atoms with van der Waals surface area (Å²) in [4.78, 5) is 19.6. The van der Waals surface area contributed by atoms with Crippen LogP contribution < -0.4 is 0 Å². The van der Waals surface area contributed by atoms with Crippen molar-refractivity contribution in [3.05, 3.63) is 140 Å². The number of hydrogen-bond donors (Lipinski definition) is 0. The van der Waals surface area contributed by atoms with Crippen LogP contribution >= 0.6 is 0 Å². The van der Waals surface area contributed by atoms with E-state index < -0.39 is 0 Å². The van der Waals surface area contributed by atoms with E-state index in [9.17, 15) is 0 Å². The topological polar surface area (TPSA) is 56.0 Å². The number of aromatic nitrogens is 5. The molecule has 0 saturated carbocycles. The number of rotatable bonds is 3. The fourth-order valence-corrected chi connectivity index (χ4v) is 6.27. The zero-order valence-corrected chi connectivity index (χ0v) is 23.0. The molecule has 9 aromatic rings. The van der Waals surface area contributed by atoms with E-state index in [-0.39, 0.29) is 0 Å². The summed E-state index contributed by atoms with van der Waals surface area (Å²) in [5, 5.41) is 8.02. The minimum atomic E-state index is 0.746. The molecule has 0 bridgehead atoms. The molecule has 200 valence electrons. The first kappa shape index (κ1) is 23.7. The molecule has 0 aliphatic heterocycles. The quantitative estimate of drug-likeness (QED) is 0.206. The summed E-state index contributed by atoms with van der Waals surface area (Å²) >= 11 is 0.